The number of ether oxygens (including phenoxy) is 2. The van der Waals surface area contributed by atoms with Gasteiger partial charge in [-0.05, 0) is 24.3 Å². The molecule has 5 heteroatoms. The van der Waals surface area contributed by atoms with Crippen molar-refractivity contribution in [2.45, 2.75) is 0 Å². The van der Waals surface area contributed by atoms with Crippen molar-refractivity contribution in [1.82, 2.24) is 10.2 Å². The van der Waals surface area contributed by atoms with E-state index in [2.05, 4.69) is 10.2 Å². The molecule has 0 spiro atoms. The SMILES string of the molecule is COc1ccc(OCCN2CCNC(=O)C2)cc1. The Morgan fingerprint density at radius 3 is 2.67 bits per heavy atom. The number of amides is 1. The van der Waals surface area contributed by atoms with E-state index in [0.717, 1.165) is 31.1 Å². The van der Waals surface area contributed by atoms with Gasteiger partial charge in [0.1, 0.15) is 18.1 Å². The average molecular weight is 250 g/mol. The van der Waals surface area contributed by atoms with Crippen molar-refractivity contribution in [1.29, 1.82) is 0 Å². The molecule has 1 aromatic rings. The van der Waals surface area contributed by atoms with Crippen molar-refractivity contribution < 1.29 is 14.3 Å². The van der Waals surface area contributed by atoms with Crippen LogP contribution in [0.3, 0.4) is 0 Å². The largest absolute Gasteiger partial charge is 0.497 e. The highest BCUT2D eigenvalue weighted by Gasteiger charge is 2.15. The summed E-state index contributed by atoms with van der Waals surface area (Å²) in [5.41, 5.74) is 0. The molecule has 1 heterocycles. The van der Waals surface area contributed by atoms with Gasteiger partial charge in [-0.3, -0.25) is 9.69 Å². The van der Waals surface area contributed by atoms with E-state index in [9.17, 15) is 4.79 Å². The molecule has 0 aromatic heterocycles. The summed E-state index contributed by atoms with van der Waals surface area (Å²) in [6.07, 6.45) is 0. The van der Waals surface area contributed by atoms with Gasteiger partial charge in [0.2, 0.25) is 5.91 Å². The molecule has 0 unspecified atom stereocenters. The summed E-state index contributed by atoms with van der Waals surface area (Å²) < 4.78 is 10.7. The fourth-order valence-corrected chi connectivity index (χ4v) is 1.85. The maximum Gasteiger partial charge on any atom is 0.234 e. The standard InChI is InChI=1S/C13H18N2O3/c1-17-11-2-4-12(5-3-11)18-9-8-15-7-6-14-13(16)10-15/h2-5H,6-10H2,1H3,(H,14,16). The third-order valence-electron chi connectivity index (χ3n) is 2.85. The Morgan fingerprint density at radius 1 is 1.28 bits per heavy atom. The molecule has 1 N–H and O–H groups in total. The van der Waals surface area contributed by atoms with Crippen LogP contribution in [0.4, 0.5) is 0 Å². The molecular weight excluding hydrogens is 232 g/mol. The number of benzene rings is 1. The van der Waals surface area contributed by atoms with E-state index in [1.165, 1.54) is 0 Å². The molecule has 1 fully saturated rings. The average Bonchev–Trinajstić information content (AvgIpc) is 2.40. The molecule has 0 saturated carbocycles. The second kappa shape index (κ2) is 6.26. The Hall–Kier alpha value is -1.75. The lowest BCUT2D eigenvalue weighted by Gasteiger charge is -2.26. The maximum atomic E-state index is 11.2. The Morgan fingerprint density at radius 2 is 2.00 bits per heavy atom. The van der Waals surface area contributed by atoms with Gasteiger partial charge in [0, 0.05) is 19.6 Å². The molecule has 5 nitrogen and oxygen atoms in total. The molecule has 2 rings (SSSR count). The van der Waals surface area contributed by atoms with E-state index >= 15 is 0 Å². The second-order valence-corrected chi connectivity index (χ2v) is 4.15. The van der Waals surface area contributed by atoms with Gasteiger partial charge in [0.05, 0.1) is 13.7 Å². The van der Waals surface area contributed by atoms with Crippen LogP contribution in [0.2, 0.25) is 0 Å². The van der Waals surface area contributed by atoms with Crippen LogP contribution in [-0.2, 0) is 4.79 Å². The quantitative estimate of drug-likeness (QED) is 0.827. The molecule has 0 radical (unpaired) electrons. The number of hydrogen-bond donors (Lipinski definition) is 1. The normalized spacial score (nSPS) is 16.2. The number of rotatable bonds is 5. The Kier molecular flexibility index (Phi) is 4.41. The first kappa shape index (κ1) is 12.7. The van der Waals surface area contributed by atoms with E-state index in [-0.39, 0.29) is 5.91 Å². The molecule has 18 heavy (non-hydrogen) atoms. The zero-order valence-corrected chi connectivity index (χ0v) is 10.5. The molecule has 0 aliphatic carbocycles. The number of hydrogen-bond acceptors (Lipinski definition) is 4. The van der Waals surface area contributed by atoms with Crippen molar-refractivity contribution in [3.05, 3.63) is 24.3 Å². The zero-order chi connectivity index (χ0) is 12.8. The van der Waals surface area contributed by atoms with Crippen LogP contribution in [0.15, 0.2) is 24.3 Å². The lowest BCUT2D eigenvalue weighted by molar-refractivity contribution is -0.124. The van der Waals surface area contributed by atoms with Gasteiger partial charge in [-0.15, -0.1) is 0 Å². The van der Waals surface area contributed by atoms with E-state index in [1.54, 1.807) is 7.11 Å². The van der Waals surface area contributed by atoms with E-state index in [0.29, 0.717) is 13.2 Å². The summed E-state index contributed by atoms with van der Waals surface area (Å²) in [6.45, 7) is 3.42. The second-order valence-electron chi connectivity index (χ2n) is 4.15. The van der Waals surface area contributed by atoms with Crippen LogP contribution >= 0.6 is 0 Å². The number of methoxy groups -OCH3 is 1. The Bertz CT molecular complexity index is 392. The predicted molar refractivity (Wildman–Crippen MR) is 67.9 cm³/mol. The van der Waals surface area contributed by atoms with Crippen molar-refractivity contribution in [2.75, 3.05) is 39.9 Å². The van der Waals surface area contributed by atoms with Crippen molar-refractivity contribution in [2.24, 2.45) is 0 Å². The minimum absolute atomic E-state index is 0.0886. The van der Waals surface area contributed by atoms with Gasteiger partial charge in [0.15, 0.2) is 0 Å². The fourth-order valence-electron chi connectivity index (χ4n) is 1.85. The summed E-state index contributed by atoms with van der Waals surface area (Å²) >= 11 is 0. The monoisotopic (exact) mass is 250 g/mol. The van der Waals surface area contributed by atoms with Crippen LogP contribution < -0.4 is 14.8 Å². The maximum absolute atomic E-state index is 11.2. The molecule has 1 saturated heterocycles. The molecule has 0 atom stereocenters. The summed E-state index contributed by atoms with van der Waals surface area (Å²) in [5, 5.41) is 2.80. The molecule has 98 valence electrons. The summed E-state index contributed by atoms with van der Waals surface area (Å²) in [4.78, 5) is 13.3. The van der Waals surface area contributed by atoms with Crippen LogP contribution in [0.5, 0.6) is 11.5 Å². The number of carbonyl (C=O) groups excluding carboxylic acids is 1. The Balaban J connectivity index is 1.72. The minimum atomic E-state index is 0.0886. The molecule has 1 aliphatic heterocycles. The fraction of sp³-hybridized carbons (Fsp3) is 0.462. The van der Waals surface area contributed by atoms with Crippen LogP contribution in [0.1, 0.15) is 0 Å². The first-order chi connectivity index (χ1) is 8.78. The summed E-state index contributed by atoms with van der Waals surface area (Å²) in [6, 6.07) is 7.48. The number of carbonyl (C=O) groups is 1. The van der Waals surface area contributed by atoms with E-state index in [1.807, 2.05) is 24.3 Å². The molecule has 0 bridgehead atoms. The smallest absolute Gasteiger partial charge is 0.234 e. The van der Waals surface area contributed by atoms with Gasteiger partial charge in [-0.2, -0.15) is 0 Å². The van der Waals surface area contributed by atoms with Crippen LogP contribution in [0.25, 0.3) is 0 Å². The lowest BCUT2D eigenvalue weighted by Crippen LogP contribution is -2.48. The van der Waals surface area contributed by atoms with Crippen molar-refractivity contribution in [3.8, 4) is 11.5 Å². The zero-order valence-electron chi connectivity index (χ0n) is 10.5. The predicted octanol–water partition coefficient (Wildman–Crippen LogP) is 0.506. The lowest BCUT2D eigenvalue weighted by atomic mass is 10.3. The minimum Gasteiger partial charge on any atom is -0.497 e. The number of piperazine rings is 1. The van der Waals surface area contributed by atoms with E-state index in [4.69, 9.17) is 9.47 Å². The molecular formula is C13H18N2O3. The highest BCUT2D eigenvalue weighted by Crippen LogP contribution is 2.16. The van der Waals surface area contributed by atoms with Crippen molar-refractivity contribution in [3.63, 3.8) is 0 Å². The highest BCUT2D eigenvalue weighted by atomic mass is 16.5. The summed E-state index contributed by atoms with van der Waals surface area (Å²) in [7, 11) is 1.64. The summed E-state index contributed by atoms with van der Waals surface area (Å²) in [5.74, 6) is 1.72. The third-order valence-corrected chi connectivity index (χ3v) is 2.85. The van der Waals surface area contributed by atoms with Gasteiger partial charge in [-0.1, -0.05) is 0 Å². The molecule has 1 aliphatic rings. The van der Waals surface area contributed by atoms with Crippen molar-refractivity contribution >= 4 is 5.91 Å². The number of nitrogens with zero attached hydrogens (tertiary/aromatic N) is 1. The molecule has 1 amide bonds. The topological polar surface area (TPSA) is 50.8 Å². The first-order valence-electron chi connectivity index (χ1n) is 6.04. The third kappa shape index (κ3) is 3.63. The molecule has 1 aromatic carbocycles. The van der Waals surface area contributed by atoms with Gasteiger partial charge >= 0.3 is 0 Å². The van der Waals surface area contributed by atoms with Gasteiger partial charge in [0.25, 0.3) is 0 Å². The van der Waals surface area contributed by atoms with Gasteiger partial charge in [-0.25, -0.2) is 0 Å². The number of nitrogens with one attached hydrogen (secondary N) is 1. The van der Waals surface area contributed by atoms with Gasteiger partial charge < -0.3 is 14.8 Å². The highest BCUT2D eigenvalue weighted by molar-refractivity contribution is 5.78. The van der Waals surface area contributed by atoms with Crippen LogP contribution in [0, 0.1) is 0 Å². The first-order valence-corrected chi connectivity index (χ1v) is 6.04. The van der Waals surface area contributed by atoms with E-state index < -0.39 is 0 Å². The Labute approximate surface area is 107 Å². The van der Waals surface area contributed by atoms with Crippen LogP contribution in [-0.4, -0.2) is 50.7 Å².